The van der Waals surface area contributed by atoms with Crippen LogP contribution in [-0.2, 0) is 20.1 Å². The van der Waals surface area contributed by atoms with Crippen LogP contribution in [0.4, 0.5) is 0 Å². The van der Waals surface area contributed by atoms with Crippen LogP contribution in [0.5, 0.6) is 0 Å². The average molecular weight is 437 g/mol. The van der Waals surface area contributed by atoms with Crippen molar-refractivity contribution in [2.24, 2.45) is 0 Å². The molecule has 3 heteroatoms. The molecule has 3 radical (unpaired) electrons. The van der Waals surface area contributed by atoms with Gasteiger partial charge in [-0.3, -0.25) is 0 Å². The third-order valence-corrected chi connectivity index (χ3v) is 2.30. The minimum absolute atomic E-state index is 0. The van der Waals surface area contributed by atoms with E-state index in [0.717, 1.165) is 15.7 Å². The predicted molar refractivity (Wildman–Crippen MR) is 59.6 cm³/mol. The molecule has 0 spiro atoms. The van der Waals surface area contributed by atoms with Crippen molar-refractivity contribution in [2.75, 3.05) is 0 Å². The molecule has 0 bridgehead atoms. The van der Waals surface area contributed by atoms with E-state index in [1.165, 1.54) is 0 Å². The first kappa shape index (κ1) is 12.6. The van der Waals surface area contributed by atoms with Gasteiger partial charge in [0.05, 0.1) is 0 Å². The van der Waals surface area contributed by atoms with Crippen molar-refractivity contribution in [3.8, 4) is 11.3 Å². The van der Waals surface area contributed by atoms with Crippen molar-refractivity contribution in [3.63, 3.8) is 0 Å². The molecule has 0 unspecified atom stereocenters. The van der Waals surface area contributed by atoms with E-state index in [0.29, 0.717) is 5.69 Å². The topological polar surface area (TPSA) is 12.9 Å². The molecular formula is C12H7BrIrN-. The zero-order valence-corrected chi connectivity index (χ0v) is 11.7. The molecule has 0 N–H and O–H groups in total. The van der Waals surface area contributed by atoms with E-state index in [-0.39, 0.29) is 20.1 Å². The number of aromatic nitrogens is 1. The summed E-state index contributed by atoms with van der Waals surface area (Å²) in [6.07, 6.45) is 0. The number of nitrogens with zero attached hydrogens (tertiary/aromatic N) is 1. The molecule has 0 atom stereocenters. The van der Waals surface area contributed by atoms with Crippen LogP contribution in [0.3, 0.4) is 0 Å². The van der Waals surface area contributed by atoms with Gasteiger partial charge in [0.15, 0.2) is 0 Å². The van der Waals surface area contributed by atoms with Crippen LogP contribution >= 0.6 is 15.9 Å². The predicted octanol–water partition coefficient (Wildman–Crippen LogP) is 3.37. The van der Waals surface area contributed by atoms with Crippen molar-refractivity contribution in [1.82, 2.24) is 4.98 Å². The summed E-state index contributed by atoms with van der Waals surface area (Å²) >= 11 is 3.40. The number of benzene rings is 1. The van der Waals surface area contributed by atoms with Crippen LogP contribution < -0.4 is 0 Å². The summed E-state index contributed by atoms with van der Waals surface area (Å²) in [5.74, 6) is 0. The number of hydrogen-bond acceptors (Lipinski definition) is 1. The van der Waals surface area contributed by atoms with Gasteiger partial charge in [0.2, 0.25) is 0 Å². The quantitative estimate of drug-likeness (QED) is 0.624. The first-order valence-electron chi connectivity index (χ1n) is 4.16. The molecule has 0 fully saturated rings. The fraction of sp³-hybridized carbons (Fsp3) is 0. The van der Waals surface area contributed by atoms with E-state index in [4.69, 9.17) is 6.92 Å². The van der Waals surface area contributed by atoms with Gasteiger partial charge in [0.25, 0.3) is 0 Å². The Morgan fingerprint density at radius 3 is 2.73 bits per heavy atom. The van der Waals surface area contributed by atoms with Gasteiger partial charge >= 0.3 is 0 Å². The largest absolute Gasteiger partial charge is 0.301 e. The maximum Gasteiger partial charge on any atom is 0.0341 e. The summed E-state index contributed by atoms with van der Waals surface area (Å²) in [6.45, 7) is 5.60. The molecule has 0 amide bonds. The second-order valence-electron chi connectivity index (χ2n) is 2.87. The number of rotatable bonds is 1. The maximum atomic E-state index is 5.60. The molecule has 2 aromatic rings. The van der Waals surface area contributed by atoms with Crippen LogP contribution in [0.15, 0.2) is 40.9 Å². The van der Waals surface area contributed by atoms with Crippen molar-refractivity contribution in [1.29, 1.82) is 0 Å². The summed E-state index contributed by atoms with van der Waals surface area (Å²) < 4.78 is 1.01. The normalized spacial score (nSPS) is 9.47. The van der Waals surface area contributed by atoms with E-state index in [1.807, 2.05) is 30.3 Å². The van der Waals surface area contributed by atoms with Crippen LogP contribution in [0.25, 0.3) is 11.3 Å². The monoisotopic (exact) mass is 437 g/mol. The molecule has 1 aromatic heterocycles. The van der Waals surface area contributed by atoms with Gasteiger partial charge in [-0.1, -0.05) is 32.5 Å². The van der Waals surface area contributed by atoms with E-state index in [1.54, 1.807) is 6.07 Å². The van der Waals surface area contributed by atoms with Gasteiger partial charge < -0.3 is 4.98 Å². The minimum Gasteiger partial charge on any atom is -0.301 e. The van der Waals surface area contributed by atoms with Crippen molar-refractivity contribution in [2.45, 2.75) is 0 Å². The summed E-state index contributed by atoms with van der Waals surface area (Å²) in [5.41, 5.74) is 2.30. The molecule has 15 heavy (non-hydrogen) atoms. The van der Waals surface area contributed by atoms with Crippen LogP contribution in [0.2, 0.25) is 0 Å². The van der Waals surface area contributed by atoms with E-state index >= 15 is 0 Å². The summed E-state index contributed by atoms with van der Waals surface area (Å²) in [7, 11) is 0. The zero-order chi connectivity index (χ0) is 9.97. The van der Waals surface area contributed by atoms with Gasteiger partial charge in [0.1, 0.15) is 0 Å². The Morgan fingerprint density at radius 2 is 2.07 bits per heavy atom. The van der Waals surface area contributed by atoms with Crippen LogP contribution in [0, 0.1) is 13.0 Å². The zero-order valence-electron chi connectivity index (χ0n) is 7.70. The second-order valence-corrected chi connectivity index (χ2v) is 3.78. The Kier molecular flexibility index (Phi) is 4.65. The standard InChI is InChI=1S/C12H7BrN.Ir/c1-9-4-2-7-12(14-9)10-5-3-6-11(13)8-10;/h1-4,6-8H;/q-1;. The third kappa shape index (κ3) is 3.23. The Hall–Kier alpha value is -0.501. The molecule has 1 aromatic carbocycles. The van der Waals surface area contributed by atoms with Crippen LogP contribution in [0.1, 0.15) is 5.69 Å². The van der Waals surface area contributed by atoms with Crippen molar-refractivity contribution < 1.29 is 20.1 Å². The van der Waals surface area contributed by atoms with Crippen molar-refractivity contribution >= 4 is 15.9 Å². The Morgan fingerprint density at radius 1 is 1.27 bits per heavy atom. The number of pyridine rings is 1. The molecule has 0 saturated carbocycles. The smallest absolute Gasteiger partial charge is 0.0341 e. The summed E-state index contributed by atoms with van der Waals surface area (Å²) in [5, 5.41) is 0. The van der Waals surface area contributed by atoms with E-state index in [9.17, 15) is 0 Å². The van der Waals surface area contributed by atoms with Gasteiger partial charge in [-0.25, -0.2) is 0 Å². The first-order valence-corrected chi connectivity index (χ1v) is 4.95. The third-order valence-electron chi connectivity index (χ3n) is 1.81. The van der Waals surface area contributed by atoms with Crippen molar-refractivity contribution in [3.05, 3.63) is 59.6 Å². The molecule has 77 valence electrons. The summed E-state index contributed by atoms with van der Waals surface area (Å²) in [6, 6.07) is 14.4. The molecule has 2 rings (SSSR count). The average Bonchev–Trinajstić information content (AvgIpc) is 2.18. The Bertz CT molecular complexity index is 413. The first-order chi connectivity index (χ1) is 6.75. The SMILES string of the molecule is [CH]c1cccc(-c2[c-]ccc(Br)c2)n1.[Ir]. The van der Waals surface area contributed by atoms with Gasteiger partial charge in [-0.2, -0.15) is 0 Å². The molecular weight excluding hydrogens is 430 g/mol. The second kappa shape index (κ2) is 5.55. The Balaban J connectivity index is 0.00000112. The number of hydrogen-bond donors (Lipinski definition) is 0. The number of halogens is 1. The maximum absolute atomic E-state index is 5.60. The Labute approximate surface area is 111 Å². The fourth-order valence-corrected chi connectivity index (χ4v) is 1.55. The van der Waals surface area contributed by atoms with Gasteiger partial charge in [-0.05, 0) is 11.8 Å². The summed E-state index contributed by atoms with van der Waals surface area (Å²) in [4.78, 5) is 4.21. The molecule has 0 saturated heterocycles. The van der Waals surface area contributed by atoms with E-state index < -0.39 is 0 Å². The van der Waals surface area contributed by atoms with Gasteiger partial charge in [-0.15, -0.1) is 29.8 Å². The molecule has 1 heterocycles. The molecule has 0 aliphatic heterocycles. The van der Waals surface area contributed by atoms with Crippen LogP contribution in [-0.4, -0.2) is 4.98 Å². The van der Waals surface area contributed by atoms with Gasteiger partial charge in [0, 0.05) is 32.7 Å². The minimum atomic E-state index is 0. The molecule has 0 aliphatic carbocycles. The van der Waals surface area contributed by atoms with E-state index in [2.05, 4.69) is 27.0 Å². The molecule has 1 nitrogen and oxygen atoms in total. The fourth-order valence-electron chi connectivity index (χ4n) is 1.19. The molecule has 0 aliphatic rings.